The third-order valence-corrected chi connectivity index (χ3v) is 7.17. The molecule has 0 saturated carbocycles. The molecule has 0 bridgehead atoms. The molecule has 9 heteroatoms. The van der Waals surface area contributed by atoms with E-state index in [-0.39, 0.29) is 22.7 Å². The number of nitrogens with zero attached hydrogens (tertiary/aromatic N) is 3. The van der Waals surface area contributed by atoms with Crippen molar-refractivity contribution < 1.29 is 22.7 Å². The van der Waals surface area contributed by atoms with Gasteiger partial charge in [0.05, 0.1) is 12.5 Å². The Morgan fingerprint density at radius 2 is 1.78 bits per heavy atom. The number of likely N-dealkylation sites (tertiary alicyclic amines) is 1. The molecule has 1 amide bonds. The van der Waals surface area contributed by atoms with Crippen LogP contribution in [0.15, 0.2) is 17.2 Å². The molecule has 0 unspecified atom stereocenters. The summed E-state index contributed by atoms with van der Waals surface area (Å²) in [5, 5.41) is 0. The van der Waals surface area contributed by atoms with E-state index < -0.39 is 10.0 Å². The lowest BCUT2D eigenvalue weighted by molar-refractivity contribution is -0.149. The van der Waals surface area contributed by atoms with Gasteiger partial charge < -0.3 is 14.2 Å². The number of piperidine rings is 1. The average molecular weight is 397 g/mol. The van der Waals surface area contributed by atoms with Crippen LogP contribution < -0.4 is 0 Å². The highest BCUT2D eigenvalue weighted by Crippen LogP contribution is 2.25. The lowest BCUT2D eigenvalue weighted by Crippen LogP contribution is -2.41. The van der Waals surface area contributed by atoms with E-state index in [2.05, 4.69) is 0 Å². The summed E-state index contributed by atoms with van der Waals surface area (Å²) in [6, 6.07) is 1.47. The molecule has 1 aromatic heterocycles. The van der Waals surface area contributed by atoms with Gasteiger partial charge in [-0.3, -0.25) is 9.59 Å². The van der Waals surface area contributed by atoms with Gasteiger partial charge in [0.15, 0.2) is 0 Å². The summed E-state index contributed by atoms with van der Waals surface area (Å²) < 4.78 is 33.5. The van der Waals surface area contributed by atoms with E-state index in [4.69, 9.17) is 4.74 Å². The van der Waals surface area contributed by atoms with Gasteiger partial charge in [0.1, 0.15) is 10.6 Å². The quantitative estimate of drug-likeness (QED) is 0.697. The predicted octanol–water partition coefficient (Wildman–Crippen LogP) is 1.22. The molecule has 0 N–H and O–H groups in total. The number of rotatable bonds is 5. The van der Waals surface area contributed by atoms with Crippen LogP contribution in [0.5, 0.6) is 0 Å². The maximum atomic E-state index is 12.9. The molecule has 150 valence electrons. The highest BCUT2D eigenvalue weighted by molar-refractivity contribution is 7.89. The zero-order valence-electron chi connectivity index (χ0n) is 15.9. The van der Waals surface area contributed by atoms with Gasteiger partial charge in [0.2, 0.25) is 10.0 Å². The molecule has 0 aromatic carbocycles. The monoisotopic (exact) mass is 397 g/mol. The zero-order valence-corrected chi connectivity index (χ0v) is 16.7. The second-order valence-corrected chi connectivity index (χ2v) is 9.04. The second kappa shape index (κ2) is 8.02. The summed E-state index contributed by atoms with van der Waals surface area (Å²) >= 11 is 0. The van der Waals surface area contributed by atoms with Gasteiger partial charge in [-0.15, -0.1) is 0 Å². The van der Waals surface area contributed by atoms with Crippen molar-refractivity contribution in [2.45, 2.75) is 37.5 Å². The molecule has 0 atom stereocenters. The van der Waals surface area contributed by atoms with Gasteiger partial charge in [-0.2, -0.15) is 4.31 Å². The fourth-order valence-corrected chi connectivity index (χ4v) is 5.29. The van der Waals surface area contributed by atoms with Crippen LogP contribution >= 0.6 is 0 Å². The molecule has 0 spiro atoms. The minimum absolute atomic E-state index is 0.164. The Balaban J connectivity index is 1.69. The average Bonchev–Trinajstić information content (AvgIpc) is 3.32. The Bertz CT molecular complexity index is 803. The predicted molar refractivity (Wildman–Crippen MR) is 98.7 cm³/mol. The van der Waals surface area contributed by atoms with E-state index in [1.165, 1.54) is 16.6 Å². The van der Waals surface area contributed by atoms with Crippen molar-refractivity contribution in [3.05, 3.63) is 18.0 Å². The van der Waals surface area contributed by atoms with Gasteiger partial charge in [-0.05, 0) is 38.7 Å². The Hall–Kier alpha value is -1.87. The highest BCUT2D eigenvalue weighted by atomic mass is 32.2. The van der Waals surface area contributed by atoms with Crippen molar-refractivity contribution in [2.24, 2.45) is 13.0 Å². The highest BCUT2D eigenvalue weighted by Gasteiger charge is 2.32. The van der Waals surface area contributed by atoms with Crippen LogP contribution in [0, 0.1) is 5.92 Å². The first-order valence-electron chi connectivity index (χ1n) is 9.47. The van der Waals surface area contributed by atoms with Crippen molar-refractivity contribution >= 4 is 21.9 Å². The molecule has 1 aromatic rings. The standard InChI is InChI=1S/C18H27N3O5S/c1-3-26-18(23)14-6-10-20(11-7-14)17(22)16-12-15(13-19(16)2)27(24,25)21-8-4-5-9-21/h12-14H,3-11H2,1-2H3. The molecule has 8 nitrogen and oxygen atoms in total. The summed E-state index contributed by atoms with van der Waals surface area (Å²) in [5.41, 5.74) is 0.349. The minimum Gasteiger partial charge on any atom is -0.466 e. The summed E-state index contributed by atoms with van der Waals surface area (Å²) in [4.78, 5) is 26.5. The van der Waals surface area contributed by atoms with E-state index in [0.29, 0.717) is 51.3 Å². The molecule has 3 rings (SSSR count). The third-order valence-electron chi connectivity index (χ3n) is 5.30. The minimum atomic E-state index is -3.55. The summed E-state index contributed by atoms with van der Waals surface area (Å²) in [6.07, 6.45) is 4.37. The van der Waals surface area contributed by atoms with Gasteiger partial charge in [0.25, 0.3) is 5.91 Å². The van der Waals surface area contributed by atoms with Crippen LogP contribution in [0.4, 0.5) is 0 Å². The number of aromatic nitrogens is 1. The number of hydrogen-bond acceptors (Lipinski definition) is 5. The van der Waals surface area contributed by atoms with Crippen LogP contribution in [0.25, 0.3) is 0 Å². The largest absolute Gasteiger partial charge is 0.466 e. The van der Waals surface area contributed by atoms with Crippen LogP contribution in [-0.4, -0.2) is 66.9 Å². The Morgan fingerprint density at radius 1 is 1.15 bits per heavy atom. The second-order valence-electron chi connectivity index (χ2n) is 7.10. The van der Waals surface area contributed by atoms with Crippen molar-refractivity contribution in [3.63, 3.8) is 0 Å². The van der Waals surface area contributed by atoms with Gasteiger partial charge >= 0.3 is 5.97 Å². The van der Waals surface area contributed by atoms with Crippen LogP contribution in [0.3, 0.4) is 0 Å². The maximum absolute atomic E-state index is 12.9. The number of carbonyl (C=O) groups is 2. The summed E-state index contributed by atoms with van der Waals surface area (Å²) in [7, 11) is -1.87. The fourth-order valence-electron chi connectivity index (χ4n) is 3.71. The molecule has 3 heterocycles. The Labute approximate surface area is 160 Å². The number of esters is 1. The van der Waals surface area contributed by atoms with Gasteiger partial charge in [-0.25, -0.2) is 8.42 Å². The Kier molecular flexibility index (Phi) is 5.90. The van der Waals surface area contributed by atoms with E-state index in [9.17, 15) is 18.0 Å². The van der Waals surface area contributed by atoms with Crippen molar-refractivity contribution in [1.82, 2.24) is 13.8 Å². The zero-order chi connectivity index (χ0) is 19.6. The fraction of sp³-hybridized carbons (Fsp3) is 0.667. The van der Waals surface area contributed by atoms with Crippen LogP contribution in [-0.2, 0) is 26.6 Å². The first-order chi connectivity index (χ1) is 12.8. The molecule has 2 aliphatic heterocycles. The topological polar surface area (TPSA) is 88.9 Å². The number of hydrogen-bond donors (Lipinski definition) is 0. The van der Waals surface area contributed by atoms with Gasteiger partial charge in [-0.1, -0.05) is 0 Å². The number of amides is 1. The van der Waals surface area contributed by atoms with Crippen molar-refractivity contribution in [1.29, 1.82) is 0 Å². The van der Waals surface area contributed by atoms with Crippen molar-refractivity contribution in [2.75, 3.05) is 32.8 Å². The number of aryl methyl sites for hydroxylation is 1. The Morgan fingerprint density at radius 3 is 2.37 bits per heavy atom. The van der Waals surface area contributed by atoms with E-state index in [1.807, 2.05) is 0 Å². The first-order valence-corrected chi connectivity index (χ1v) is 10.9. The summed E-state index contributed by atoms with van der Waals surface area (Å²) in [6.45, 7) is 4.11. The summed E-state index contributed by atoms with van der Waals surface area (Å²) in [5.74, 6) is -0.585. The normalized spacial score (nSPS) is 19.4. The van der Waals surface area contributed by atoms with Gasteiger partial charge in [0, 0.05) is 39.4 Å². The maximum Gasteiger partial charge on any atom is 0.309 e. The molecule has 0 aliphatic carbocycles. The van der Waals surface area contributed by atoms with Crippen molar-refractivity contribution in [3.8, 4) is 0 Å². The number of ether oxygens (including phenoxy) is 1. The molecule has 2 aliphatic rings. The first kappa shape index (κ1) is 19.9. The molecular weight excluding hydrogens is 370 g/mol. The third kappa shape index (κ3) is 4.03. The molecular formula is C18H27N3O5S. The number of sulfonamides is 1. The lowest BCUT2D eigenvalue weighted by atomic mass is 9.97. The molecule has 2 fully saturated rings. The van der Waals surface area contributed by atoms with Crippen LogP contribution in [0.2, 0.25) is 0 Å². The number of carbonyl (C=O) groups excluding carboxylic acids is 2. The van der Waals surface area contributed by atoms with E-state index in [1.54, 1.807) is 23.4 Å². The molecule has 2 saturated heterocycles. The molecule has 0 radical (unpaired) electrons. The van der Waals surface area contributed by atoms with E-state index >= 15 is 0 Å². The van der Waals surface area contributed by atoms with E-state index in [0.717, 1.165) is 12.8 Å². The lowest BCUT2D eigenvalue weighted by Gasteiger charge is -2.30. The SMILES string of the molecule is CCOC(=O)C1CCN(C(=O)c2cc(S(=O)(=O)N3CCCC3)cn2C)CC1. The smallest absolute Gasteiger partial charge is 0.309 e. The molecule has 27 heavy (non-hydrogen) atoms. The van der Waals surface area contributed by atoms with Crippen LogP contribution in [0.1, 0.15) is 43.1 Å².